The molecule has 4 rings (SSSR count). The maximum Gasteiger partial charge on any atom is 0.227 e. The fourth-order valence-corrected chi connectivity index (χ4v) is 4.06. The first-order chi connectivity index (χ1) is 11.8. The van der Waals surface area contributed by atoms with Crippen molar-refractivity contribution in [2.45, 2.75) is 44.2 Å². The highest BCUT2D eigenvalue weighted by atomic mass is 16.5. The number of fused-ring (bicyclic) bond motifs is 1. The second-order valence-corrected chi connectivity index (χ2v) is 7.41. The van der Waals surface area contributed by atoms with Gasteiger partial charge in [-0.2, -0.15) is 0 Å². The molecule has 5 nitrogen and oxygen atoms in total. The summed E-state index contributed by atoms with van der Waals surface area (Å²) in [4.78, 5) is 21.4. The van der Waals surface area contributed by atoms with Gasteiger partial charge in [0, 0.05) is 44.6 Å². The molecule has 0 aromatic carbocycles. The molecule has 1 saturated carbocycles. The largest absolute Gasteiger partial charge is 0.375 e. The van der Waals surface area contributed by atoms with E-state index in [0.29, 0.717) is 18.6 Å². The van der Waals surface area contributed by atoms with Crippen LogP contribution < -0.4 is 0 Å². The average Bonchev–Trinajstić information content (AvgIpc) is 3.42. The third-order valence-electron chi connectivity index (χ3n) is 5.61. The molecule has 5 heteroatoms. The van der Waals surface area contributed by atoms with Crippen LogP contribution in [-0.4, -0.2) is 65.6 Å². The molecular formula is C19H27N3O2. The Labute approximate surface area is 144 Å². The summed E-state index contributed by atoms with van der Waals surface area (Å²) in [6.07, 6.45) is 9.08. The van der Waals surface area contributed by atoms with E-state index in [1.165, 1.54) is 19.4 Å². The number of carbonyl (C=O) groups is 1. The van der Waals surface area contributed by atoms with Crippen molar-refractivity contribution in [3.05, 3.63) is 30.1 Å². The lowest BCUT2D eigenvalue weighted by Crippen LogP contribution is -2.51. The van der Waals surface area contributed by atoms with Gasteiger partial charge in [-0.25, -0.2) is 0 Å². The molecule has 3 aliphatic rings. The van der Waals surface area contributed by atoms with Gasteiger partial charge >= 0.3 is 0 Å². The molecule has 2 saturated heterocycles. The van der Waals surface area contributed by atoms with Crippen LogP contribution in [0, 0.1) is 5.92 Å². The molecule has 0 spiro atoms. The van der Waals surface area contributed by atoms with Gasteiger partial charge in [-0.1, -0.05) is 6.07 Å². The van der Waals surface area contributed by atoms with E-state index >= 15 is 0 Å². The normalized spacial score (nSPS) is 28.2. The Morgan fingerprint density at radius 3 is 2.88 bits per heavy atom. The van der Waals surface area contributed by atoms with Crippen molar-refractivity contribution in [2.24, 2.45) is 5.92 Å². The van der Waals surface area contributed by atoms with Gasteiger partial charge in [0.05, 0.1) is 19.1 Å². The summed E-state index contributed by atoms with van der Waals surface area (Å²) in [6, 6.07) is 4.36. The van der Waals surface area contributed by atoms with Crippen molar-refractivity contribution in [3.63, 3.8) is 0 Å². The number of likely N-dealkylation sites (tertiary alicyclic amines) is 1. The highest BCUT2D eigenvalue weighted by Crippen LogP contribution is 2.33. The summed E-state index contributed by atoms with van der Waals surface area (Å²) in [5.41, 5.74) is 0.996. The monoisotopic (exact) mass is 329 g/mol. The molecule has 0 N–H and O–H groups in total. The van der Waals surface area contributed by atoms with Crippen LogP contribution in [-0.2, 0) is 16.0 Å². The first kappa shape index (κ1) is 16.0. The first-order valence-electron chi connectivity index (χ1n) is 9.32. The minimum absolute atomic E-state index is 0.218. The van der Waals surface area contributed by atoms with E-state index in [1.807, 2.05) is 17.0 Å². The van der Waals surface area contributed by atoms with E-state index in [2.05, 4.69) is 9.88 Å². The number of hydrogen-bond donors (Lipinski definition) is 0. The second kappa shape index (κ2) is 7.19. The Morgan fingerprint density at radius 2 is 2.08 bits per heavy atom. The van der Waals surface area contributed by atoms with E-state index in [1.54, 1.807) is 12.4 Å². The molecule has 0 radical (unpaired) electrons. The fourth-order valence-electron chi connectivity index (χ4n) is 4.06. The van der Waals surface area contributed by atoms with Gasteiger partial charge in [0.15, 0.2) is 0 Å². The Balaban J connectivity index is 1.37. The number of carbonyl (C=O) groups excluding carboxylic acids is 1. The molecule has 0 bridgehead atoms. The maximum absolute atomic E-state index is 12.6. The van der Waals surface area contributed by atoms with Crippen LogP contribution in [0.25, 0.3) is 0 Å². The number of morpholine rings is 1. The molecule has 1 amide bonds. The summed E-state index contributed by atoms with van der Waals surface area (Å²) >= 11 is 0. The van der Waals surface area contributed by atoms with E-state index in [9.17, 15) is 4.79 Å². The van der Waals surface area contributed by atoms with Crippen molar-refractivity contribution >= 4 is 5.91 Å². The van der Waals surface area contributed by atoms with Gasteiger partial charge in [-0.05, 0) is 43.2 Å². The quantitative estimate of drug-likeness (QED) is 0.844. The van der Waals surface area contributed by atoms with Crippen molar-refractivity contribution in [2.75, 3.05) is 32.8 Å². The van der Waals surface area contributed by atoms with Gasteiger partial charge in [-0.3, -0.25) is 14.7 Å². The van der Waals surface area contributed by atoms with E-state index in [-0.39, 0.29) is 5.91 Å². The molecule has 2 aliphatic heterocycles. The molecule has 1 aliphatic carbocycles. The molecule has 1 aromatic rings. The number of rotatable bonds is 4. The summed E-state index contributed by atoms with van der Waals surface area (Å²) in [5, 5.41) is 0. The Hall–Kier alpha value is -1.46. The van der Waals surface area contributed by atoms with E-state index in [4.69, 9.17) is 4.74 Å². The number of hydrogen-bond acceptors (Lipinski definition) is 4. The third kappa shape index (κ3) is 3.78. The van der Waals surface area contributed by atoms with E-state index in [0.717, 1.165) is 50.6 Å². The number of amides is 1. The second-order valence-electron chi connectivity index (χ2n) is 7.41. The number of ether oxygens (including phenoxy) is 1. The number of nitrogens with zero attached hydrogens (tertiary/aromatic N) is 3. The van der Waals surface area contributed by atoms with Crippen LogP contribution in [0.15, 0.2) is 24.5 Å². The van der Waals surface area contributed by atoms with E-state index < -0.39 is 0 Å². The molecule has 1 aromatic heterocycles. The molecule has 130 valence electrons. The van der Waals surface area contributed by atoms with Crippen LogP contribution in [0.4, 0.5) is 0 Å². The molecule has 2 atom stereocenters. The van der Waals surface area contributed by atoms with Crippen LogP contribution in [0.2, 0.25) is 0 Å². The Morgan fingerprint density at radius 1 is 1.21 bits per heavy atom. The summed E-state index contributed by atoms with van der Waals surface area (Å²) in [6.45, 7) is 4.80. The van der Waals surface area contributed by atoms with Crippen molar-refractivity contribution in [1.29, 1.82) is 0 Å². The van der Waals surface area contributed by atoms with Gasteiger partial charge in [0.25, 0.3) is 0 Å². The number of aromatic nitrogens is 1. The summed E-state index contributed by atoms with van der Waals surface area (Å²) in [7, 11) is 0. The average molecular weight is 329 g/mol. The van der Waals surface area contributed by atoms with Gasteiger partial charge in [-0.15, -0.1) is 0 Å². The molecule has 24 heavy (non-hydrogen) atoms. The molecule has 2 unspecified atom stereocenters. The minimum Gasteiger partial charge on any atom is -0.375 e. The minimum atomic E-state index is 0.218. The lowest BCUT2D eigenvalue weighted by molar-refractivity contribution is -0.130. The standard InChI is InChI=1S/C19H27N3O2/c23-19(12-16-2-1-7-20-13-16)21-8-5-17-18(6-9-21)24-11-10-22(17)14-15-3-4-15/h1-2,7,13,15,17-18H,3-6,8-12,14H2. The number of pyridine rings is 1. The van der Waals surface area contributed by atoms with Crippen molar-refractivity contribution in [3.8, 4) is 0 Å². The summed E-state index contributed by atoms with van der Waals surface area (Å²) in [5.74, 6) is 1.13. The predicted octanol–water partition coefficient (Wildman–Crippen LogP) is 1.73. The van der Waals surface area contributed by atoms with Gasteiger partial charge in [0.2, 0.25) is 5.91 Å². The summed E-state index contributed by atoms with van der Waals surface area (Å²) < 4.78 is 6.05. The fraction of sp³-hybridized carbons (Fsp3) is 0.684. The van der Waals surface area contributed by atoms with Crippen molar-refractivity contribution in [1.82, 2.24) is 14.8 Å². The zero-order chi connectivity index (χ0) is 16.4. The zero-order valence-corrected chi connectivity index (χ0v) is 14.3. The zero-order valence-electron chi connectivity index (χ0n) is 14.3. The molecule has 3 heterocycles. The molecular weight excluding hydrogens is 302 g/mol. The SMILES string of the molecule is O=C(Cc1cccnc1)N1CCC2OCCN(CC3CC3)C2CC1. The maximum atomic E-state index is 12.6. The predicted molar refractivity (Wildman–Crippen MR) is 91.6 cm³/mol. The van der Waals surface area contributed by atoms with Crippen LogP contribution in [0.5, 0.6) is 0 Å². The molecule has 3 fully saturated rings. The Kier molecular flexibility index (Phi) is 4.81. The lowest BCUT2D eigenvalue weighted by atomic mass is 10.0. The smallest absolute Gasteiger partial charge is 0.227 e. The van der Waals surface area contributed by atoms with Crippen LogP contribution in [0.3, 0.4) is 0 Å². The lowest BCUT2D eigenvalue weighted by Gasteiger charge is -2.40. The third-order valence-corrected chi connectivity index (χ3v) is 5.61. The van der Waals surface area contributed by atoms with Crippen molar-refractivity contribution < 1.29 is 9.53 Å². The van der Waals surface area contributed by atoms with Gasteiger partial charge in [0.1, 0.15) is 0 Å². The Bertz CT molecular complexity index is 561. The first-order valence-corrected chi connectivity index (χ1v) is 9.32. The highest BCUT2D eigenvalue weighted by molar-refractivity contribution is 5.78. The van der Waals surface area contributed by atoms with Gasteiger partial charge < -0.3 is 9.64 Å². The topological polar surface area (TPSA) is 45.7 Å². The van der Waals surface area contributed by atoms with Crippen LogP contribution >= 0.6 is 0 Å². The highest BCUT2D eigenvalue weighted by Gasteiger charge is 2.37. The van der Waals surface area contributed by atoms with Crippen LogP contribution in [0.1, 0.15) is 31.2 Å².